The molecular formula is C15H22F3N3. The Morgan fingerprint density at radius 3 is 2.67 bits per heavy atom. The Kier molecular flexibility index (Phi) is 5.08. The first-order valence-corrected chi connectivity index (χ1v) is 7.40. The highest BCUT2D eigenvalue weighted by molar-refractivity contribution is 5.55. The van der Waals surface area contributed by atoms with Crippen LogP contribution in [0.5, 0.6) is 0 Å². The summed E-state index contributed by atoms with van der Waals surface area (Å²) in [6.45, 7) is 4.38. The Balaban J connectivity index is 2.22. The molecule has 0 radical (unpaired) electrons. The molecule has 6 heteroatoms. The smallest absolute Gasteiger partial charge is 0.359 e. The summed E-state index contributed by atoms with van der Waals surface area (Å²) in [5.74, 6) is 0. The Bertz CT molecular complexity index is 470. The van der Waals surface area contributed by atoms with Gasteiger partial charge in [0.2, 0.25) is 0 Å². The van der Waals surface area contributed by atoms with Crippen molar-refractivity contribution in [3.8, 4) is 0 Å². The zero-order valence-corrected chi connectivity index (χ0v) is 12.5. The molecule has 1 aliphatic carbocycles. The van der Waals surface area contributed by atoms with Gasteiger partial charge in [-0.2, -0.15) is 13.2 Å². The molecule has 1 aromatic rings. The van der Waals surface area contributed by atoms with E-state index < -0.39 is 12.7 Å². The van der Waals surface area contributed by atoms with Crippen LogP contribution in [0.15, 0.2) is 12.3 Å². The van der Waals surface area contributed by atoms with Crippen LogP contribution in [0.1, 0.15) is 37.4 Å². The van der Waals surface area contributed by atoms with Gasteiger partial charge in [-0.3, -0.25) is 4.98 Å². The molecule has 1 N–H and O–H groups in total. The minimum absolute atomic E-state index is 0.0124. The molecule has 0 bridgehead atoms. The van der Waals surface area contributed by atoms with Gasteiger partial charge in [0.1, 0.15) is 6.54 Å². The zero-order valence-electron chi connectivity index (χ0n) is 12.5. The lowest BCUT2D eigenvalue weighted by Crippen LogP contribution is -2.37. The zero-order chi connectivity index (χ0) is 15.5. The number of anilines is 1. The average Bonchev–Trinajstić information content (AvgIpc) is 3.21. The minimum Gasteiger partial charge on any atom is -0.359 e. The van der Waals surface area contributed by atoms with Gasteiger partial charge >= 0.3 is 6.18 Å². The van der Waals surface area contributed by atoms with E-state index in [4.69, 9.17) is 0 Å². The van der Waals surface area contributed by atoms with E-state index in [1.165, 1.54) is 4.90 Å². The highest BCUT2D eigenvalue weighted by Crippen LogP contribution is 2.36. The largest absolute Gasteiger partial charge is 0.405 e. The summed E-state index contributed by atoms with van der Waals surface area (Å²) >= 11 is 0. The molecule has 0 spiro atoms. The minimum atomic E-state index is -4.19. The Morgan fingerprint density at radius 1 is 1.38 bits per heavy atom. The van der Waals surface area contributed by atoms with E-state index in [9.17, 15) is 13.2 Å². The third-order valence-corrected chi connectivity index (χ3v) is 3.49. The molecule has 1 heterocycles. The van der Waals surface area contributed by atoms with Gasteiger partial charge < -0.3 is 10.2 Å². The van der Waals surface area contributed by atoms with Crippen molar-refractivity contribution in [2.45, 2.75) is 51.9 Å². The Hall–Kier alpha value is -1.30. The molecule has 0 aromatic carbocycles. The van der Waals surface area contributed by atoms with Gasteiger partial charge in [0.05, 0.1) is 0 Å². The van der Waals surface area contributed by atoms with Crippen molar-refractivity contribution in [3.63, 3.8) is 0 Å². The lowest BCUT2D eigenvalue weighted by molar-refractivity contribution is -0.120. The first-order chi connectivity index (χ1) is 9.90. The number of rotatable bonds is 7. The number of aromatic nitrogens is 1. The third kappa shape index (κ3) is 4.88. The summed E-state index contributed by atoms with van der Waals surface area (Å²) in [7, 11) is 0. The molecule has 0 aliphatic heterocycles. The first kappa shape index (κ1) is 16.1. The number of nitrogens with zero attached hydrogens (tertiary/aromatic N) is 2. The van der Waals surface area contributed by atoms with Crippen molar-refractivity contribution in [2.24, 2.45) is 0 Å². The molecule has 1 aromatic heterocycles. The highest BCUT2D eigenvalue weighted by Gasteiger charge is 2.38. The van der Waals surface area contributed by atoms with Crippen LogP contribution in [-0.4, -0.2) is 30.3 Å². The number of nitrogens with one attached hydrogen (secondary N) is 1. The van der Waals surface area contributed by atoms with Gasteiger partial charge in [-0.15, -0.1) is 0 Å². The van der Waals surface area contributed by atoms with Crippen LogP contribution in [0.25, 0.3) is 0 Å². The van der Waals surface area contributed by atoms with Crippen LogP contribution in [0, 0.1) is 6.92 Å². The van der Waals surface area contributed by atoms with Gasteiger partial charge in [0.15, 0.2) is 0 Å². The maximum Gasteiger partial charge on any atom is 0.405 e. The van der Waals surface area contributed by atoms with Gasteiger partial charge in [0.25, 0.3) is 0 Å². The van der Waals surface area contributed by atoms with E-state index >= 15 is 0 Å². The maximum atomic E-state index is 12.8. The molecule has 1 fully saturated rings. The van der Waals surface area contributed by atoms with Gasteiger partial charge in [-0.25, -0.2) is 0 Å². The van der Waals surface area contributed by atoms with Crippen molar-refractivity contribution in [3.05, 3.63) is 23.5 Å². The number of aryl methyl sites for hydroxylation is 1. The second-order valence-corrected chi connectivity index (χ2v) is 5.61. The second kappa shape index (κ2) is 6.64. The molecule has 3 nitrogen and oxygen atoms in total. The average molecular weight is 301 g/mol. The van der Waals surface area contributed by atoms with Crippen molar-refractivity contribution in [1.29, 1.82) is 0 Å². The molecule has 118 valence electrons. The summed E-state index contributed by atoms with van der Waals surface area (Å²) in [4.78, 5) is 5.73. The van der Waals surface area contributed by atoms with Crippen molar-refractivity contribution in [2.75, 3.05) is 18.0 Å². The van der Waals surface area contributed by atoms with E-state index in [-0.39, 0.29) is 6.04 Å². The molecule has 0 atom stereocenters. The first-order valence-electron chi connectivity index (χ1n) is 7.40. The SMILES string of the molecule is CCCNCc1cnc(C)cc1N(CC(F)(F)F)C1CC1. The Labute approximate surface area is 123 Å². The molecule has 2 rings (SSSR count). The summed E-state index contributed by atoms with van der Waals surface area (Å²) in [6, 6.07) is 1.78. The molecule has 1 aliphatic rings. The number of hydrogen-bond acceptors (Lipinski definition) is 3. The quantitative estimate of drug-likeness (QED) is 0.782. The fourth-order valence-electron chi connectivity index (χ4n) is 2.37. The fraction of sp³-hybridized carbons (Fsp3) is 0.667. The van der Waals surface area contributed by atoms with Crippen LogP contribution in [0.3, 0.4) is 0 Å². The van der Waals surface area contributed by atoms with Crippen LogP contribution < -0.4 is 10.2 Å². The Morgan fingerprint density at radius 2 is 2.10 bits per heavy atom. The van der Waals surface area contributed by atoms with Crippen molar-refractivity contribution < 1.29 is 13.2 Å². The topological polar surface area (TPSA) is 28.2 Å². The van der Waals surface area contributed by atoms with Crippen LogP contribution in [0.4, 0.5) is 18.9 Å². The number of halogens is 3. The number of hydrogen-bond donors (Lipinski definition) is 1. The van der Waals surface area contributed by atoms with Crippen molar-refractivity contribution in [1.82, 2.24) is 10.3 Å². The van der Waals surface area contributed by atoms with Gasteiger partial charge in [0, 0.05) is 35.7 Å². The van der Waals surface area contributed by atoms with E-state index in [1.54, 1.807) is 12.3 Å². The summed E-state index contributed by atoms with van der Waals surface area (Å²) in [5, 5.41) is 3.24. The van der Waals surface area contributed by atoms with Gasteiger partial charge in [-0.1, -0.05) is 6.92 Å². The van der Waals surface area contributed by atoms with Crippen LogP contribution in [0.2, 0.25) is 0 Å². The monoisotopic (exact) mass is 301 g/mol. The van der Waals surface area contributed by atoms with E-state index in [0.29, 0.717) is 12.2 Å². The van der Waals surface area contributed by atoms with E-state index in [0.717, 1.165) is 37.1 Å². The summed E-state index contributed by atoms with van der Waals surface area (Å²) in [5.41, 5.74) is 2.26. The lowest BCUT2D eigenvalue weighted by Gasteiger charge is -2.28. The fourth-order valence-corrected chi connectivity index (χ4v) is 2.37. The van der Waals surface area contributed by atoms with Crippen molar-refractivity contribution >= 4 is 5.69 Å². The third-order valence-electron chi connectivity index (χ3n) is 3.49. The van der Waals surface area contributed by atoms with E-state index in [2.05, 4.69) is 17.2 Å². The molecule has 1 saturated carbocycles. The standard InChI is InChI=1S/C15H22F3N3/c1-3-6-19-8-12-9-20-11(2)7-14(12)21(13-4-5-13)10-15(16,17)18/h7,9,13,19H,3-6,8,10H2,1-2H3. The van der Waals surface area contributed by atoms with Crippen LogP contribution >= 0.6 is 0 Å². The van der Waals surface area contributed by atoms with Gasteiger partial charge in [-0.05, 0) is 38.8 Å². The predicted molar refractivity (Wildman–Crippen MR) is 77.4 cm³/mol. The second-order valence-electron chi connectivity index (χ2n) is 5.61. The lowest BCUT2D eigenvalue weighted by atomic mass is 10.1. The predicted octanol–water partition coefficient (Wildman–Crippen LogP) is 3.42. The molecule has 0 unspecified atom stereocenters. The van der Waals surface area contributed by atoms with Crippen LogP contribution in [-0.2, 0) is 6.54 Å². The molecule has 21 heavy (non-hydrogen) atoms. The van der Waals surface area contributed by atoms with E-state index in [1.807, 2.05) is 6.92 Å². The molecular weight excluding hydrogens is 279 g/mol. The summed E-state index contributed by atoms with van der Waals surface area (Å²) in [6.07, 6.45) is 0.162. The summed E-state index contributed by atoms with van der Waals surface area (Å²) < 4.78 is 38.5. The highest BCUT2D eigenvalue weighted by atomic mass is 19.4. The maximum absolute atomic E-state index is 12.8. The number of alkyl halides is 3. The number of pyridine rings is 1. The normalized spacial score (nSPS) is 15.3. The molecule has 0 amide bonds. The molecule has 0 saturated heterocycles.